The quantitative estimate of drug-likeness (QED) is 0.703. The summed E-state index contributed by atoms with van der Waals surface area (Å²) in [6, 6.07) is 0. The molecule has 0 aliphatic carbocycles. The highest BCUT2D eigenvalue weighted by Gasteiger charge is 2.39. The molecule has 0 aromatic heterocycles. The van der Waals surface area contributed by atoms with E-state index in [-0.39, 0.29) is 16.7 Å². The van der Waals surface area contributed by atoms with E-state index in [4.69, 9.17) is 9.47 Å². The number of hydrogen-bond donors (Lipinski definition) is 2. The van der Waals surface area contributed by atoms with Gasteiger partial charge in [0.1, 0.15) is 0 Å². The molecular formula is C15H30N2O3. The molecule has 2 N–H and O–H groups in total. The Morgan fingerprint density at radius 3 is 2.45 bits per heavy atom. The summed E-state index contributed by atoms with van der Waals surface area (Å²) in [6.07, 6.45) is 2.61. The molecule has 1 aliphatic heterocycles. The topological polar surface area (TPSA) is 59.6 Å². The highest BCUT2D eigenvalue weighted by atomic mass is 16.5. The zero-order valence-electron chi connectivity index (χ0n) is 13.4. The molecule has 5 heteroatoms. The number of carbonyl (C=O) groups is 1. The smallest absolute Gasteiger partial charge is 0.228 e. The number of hydrogen-bond acceptors (Lipinski definition) is 4. The van der Waals surface area contributed by atoms with Crippen LogP contribution in [0.3, 0.4) is 0 Å². The lowest BCUT2D eigenvalue weighted by molar-refractivity contribution is -0.136. The van der Waals surface area contributed by atoms with Crippen LogP contribution in [0.25, 0.3) is 0 Å². The van der Waals surface area contributed by atoms with Gasteiger partial charge >= 0.3 is 0 Å². The van der Waals surface area contributed by atoms with E-state index in [1.165, 1.54) is 0 Å². The van der Waals surface area contributed by atoms with Gasteiger partial charge in [-0.3, -0.25) is 4.79 Å². The lowest BCUT2D eigenvalue weighted by Crippen LogP contribution is -2.51. The number of ether oxygens (including phenoxy) is 2. The molecule has 0 radical (unpaired) electrons. The Labute approximate surface area is 122 Å². The van der Waals surface area contributed by atoms with Gasteiger partial charge < -0.3 is 20.1 Å². The van der Waals surface area contributed by atoms with E-state index in [2.05, 4.69) is 24.5 Å². The molecule has 0 bridgehead atoms. The number of amides is 1. The molecule has 1 heterocycles. The normalized spacial score (nSPS) is 18.8. The monoisotopic (exact) mass is 286 g/mol. The lowest BCUT2D eigenvalue weighted by atomic mass is 9.78. The predicted octanol–water partition coefficient (Wildman–Crippen LogP) is 1.18. The van der Waals surface area contributed by atoms with Crippen LogP contribution in [0.4, 0.5) is 0 Å². The van der Waals surface area contributed by atoms with Gasteiger partial charge in [0, 0.05) is 27.4 Å². The van der Waals surface area contributed by atoms with E-state index in [1.54, 1.807) is 14.2 Å². The van der Waals surface area contributed by atoms with Crippen LogP contribution in [-0.2, 0) is 14.3 Å². The zero-order valence-corrected chi connectivity index (χ0v) is 13.4. The molecule has 20 heavy (non-hydrogen) atoms. The van der Waals surface area contributed by atoms with Crippen molar-refractivity contribution in [3.05, 3.63) is 0 Å². The van der Waals surface area contributed by atoms with Gasteiger partial charge in [-0.05, 0) is 37.8 Å². The van der Waals surface area contributed by atoms with Crippen molar-refractivity contribution in [3.8, 4) is 0 Å². The summed E-state index contributed by atoms with van der Waals surface area (Å²) in [7, 11) is 3.37. The minimum absolute atomic E-state index is 0.0485. The molecule has 0 spiro atoms. The van der Waals surface area contributed by atoms with Crippen LogP contribution >= 0.6 is 0 Å². The van der Waals surface area contributed by atoms with Crippen molar-refractivity contribution >= 4 is 5.91 Å². The molecule has 0 aromatic rings. The molecule has 1 rings (SSSR count). The summed E-state index contributed by atoms with van der Waals surface area (Å²) < 4.78 is 10.4. The molecule has 1 aliphatic rings. The van der Waals surface area contributed by atoms with E-state index in [9.17, 15) is 4.79 Å². The van der Waals surface area contributed by atoms with E-state index in [0.29, 0.717) is 13.2 Å². The molecule has 0 aromatic carbocycles. The first-order valence-corrected chi connectivity index (χ1v) is 7.43. The van der Waals surface area contributed by atoms with Gasteiger partial charge in [0.2, 0.25) is 5.91 Å². The molecule has 1 saturated heterocycles. The molecule has 1 fully saturated rings. The number of nitrogens with one attached hydrogen (secondary N) is 2. The van der Waals surface area contributed by atoms with Crippen LogP contribution in [0.1, 0.15) is 33.1 Å². The Morgan fingerprint density at radius 2 is 1.90 bits per heavy atom. The van der Waals surface area contributed by atoms with Crippen molar-refractivity contribution in [3.63, 3.8) is 0 Å². The first kappa shape index (κ1) is 17.4. The molecule has 0 unspecified atom stereocenters. The number of piperidine rings is 1. The highest BCUT2D eigenvalue weighted by Crippen LogP contribution is 2.30. The summed E-state index contributed by atoms with van der Waals surface area (Å²) in [5.41, 5.74) is -0.315. The van der Waals surface area contributed by atoms with Gasteiger partial charge in [-0.15, -0.1) is 0 Å². The van der Waals surface area contributed by atoms with Crippen LogP contribution in [0, 0.1) is 10.8 Å². The largest absolute Gasteiger partial charge is 0.385 e. The van der Waals surface area contributed by atoms with E-state index >= 15 is 0 Å². The first-order valence-electron chi connectivity index (χ1n) is 7.43. The fourth-order valence-electron chi connectivity index (χ4n) is 2.59. The standard InChI is InChI=1S/C15H30N2O3/c1-14(2,7-10-19-3)11-17-13(18)15(12-20-4)5-8-16-9-6-15/h16H,5-12H2,1-4H3,(H,17,18). The Morgan fingerprint density at radius 1 is 1.25 bits per heavy atom. The third kappa shape index (κ3) is 5.04. The van der Waals surface area contributed by atoms with E-state index in [1.807, 2.05) is 0 Å². The van der Waals surface area contributed by atoms with Gasteiger partial charge in [0.05, 0.1) is 12.0 Å². The van der Waals surface area contributed by atoms with Gasteiger partial charge in [0.15, 0.2) is 0 Å². The van der Waals surface area contributed by atoms with Crippen molar-refractivity contribution in [2.24, 2.45) is 10.8 Å². The summed E-state index contributed by atoms with van der Waals surface area (Å²) in [5.74, 6) is 0.131. The van der Waals surface area contributed by atoms with Gasteiger partial charge in [0.25, 0.3) is 0 Å². The first-order chi connectivity index (χ1) is 9.46. The molecule has 0 saturated carbocycles. The van der Waals surface area contributed by atoms with E-state index in [0.717, 1.165) is 39.0 Å². The van der Waals surface area contributed by atoms with Gasteiger partial charge in [-0.1, -0.05) is 13.8 Å². The zero-order chi connectivity index (χ0) is 15.1. The minimum Gasteiger partial charge on any atom is -0.385 e. The molecular weight excluding hydrogens is 256 g/mol. The maximum atomic E-state index is 12.6. The van der Waals surface area contributed by atoms with Crippen LogP contribution in [0.15, 0.2) is 0 Å². The number of methoxy groups -OCH3 is 2. The second kappa shape index (κ2) is 7.96. The minimum atomic E-state index is -0.364. The van der Waals surface area contributed by atoms with Crippen LogP contribution in [-0.4, -0.2) is 53.0 Å². The van der Waals surface area contributed by atoms with Crippen LogP contribution < -0.4 is 10.6 Å². The lowest BCUT2D eigenvalue weighted by Gasteiger charge is -2.36. The predicted molar refractivity (Wildman–Crippen MR) is 79.7 cm³/mol. The van der Waals surface area contributed by atoms with Crippen molar-refractivity contribution in [1.29, 1.82) is 0 Å². The summed E-state index contributed by atoms with van der Waals surface area (Å²) in [4.78, 5) is 12.6. The summed E-state index contributed by atoms with van der Waals surface area (Å²) in [5, 5.41) is 6.43. The molecule has 5 nitrogen and oxygen atoms in total. The fourth-order valence-corrected chi connectivity index (χ4v) is 2.59. The summed E-state index contributed by atoms with van der Waals surface area (Å²) in [6.45, 7) is 7.95. The maximum absolute atomic E-state index is 12.6. The third-order valence-electron chi connectivity index (χ3n) is 4.17. The summed E-state index contributed by atoms with van der Waals surface area (Å²) >= 11 is 0. The Balaban J connectivity index is 2.54. The van der Waals surface area contributed by atoms with Gasteiger partial charge in [-0.25, -0.2) is 0 Å². The van der Waals surface area contributed by atoms with Crippen molar-refractivity contribution < 1.29 is 14.3 Å². The van der Waals surface area contributed by atoms with Crippen LogP contribution in [0.2, 0.25) is 0 Å². The second-order valence-electron chi connectivity index (χ2n) is 6.55. The van der Waals surface area contributed by atoms with Crippen LogP contribution in [0.5, 0.6) is 0 Å². The third-order valence-corrected chi connectivity index (χ3v) is 4.17. The average molecular weight is 286 g/mol. The van der Waals surface area contributed by atoms with Crippen molar-refractivity contribution in [2.75, 3.05) is 47.1 Å². The molecule has 118 valence electrons. The van der Waals surface area contributed by atoms with Crippen molar-refractivity contribution in [2.45, 2.75) is 33.1 Å². The Bertz CT molecular complexity index is 294. The Kier molecular flexibility index (Phi) is 6.92. The van der Waals surface area contributed by atoms with Crippen molar-refractivity contribution in [1.82, 2.24) is 10.6 Å². The highest BCUT2D eigenvalue weighted by molar-refractivity contribution is 5.83. The average Bonchev–Trinajstić information content (AvgIpc) is 2.44. The Hall–Kier alpha value is -0.650. The fraction of sp³-hybridized carbons (Fsp3) is 0.933. The molecule has 1 amide bonds. The maximum Gasteiger partial charge on any atom is 0.228 e. The molecule has 0 atom stereocenters. The van der Waals surface area contributed by atoms with E-state index < -0.39 is 0 Å². The number of carbonyl (C=O) groups excluding carboxylic acids is 1. The second-order valence-corrected chi connectivity index (χ2v) is 6.55. The SMILES string of the molecule is COCCC(C)(C)CNC(=O)C1(COC)CCNCC1. The number of rotatable bonds is 8. The van der Waals surface area contributed by atoms with Gasteiger partial charge in [-0.2, -0.15) is 0 Å².